The minimum absolute atomic E-state index is 0.427. The van der Waals surface area contributed by atoms with Gasteiger partial charge in [-0.25, -0.2) is 9.67 Å². The molecule has 0 aromatic carbocycles. The Hall–Kier alpha value is -2.35. The van der Waals surface area contributed by atoms with Crippen molar-refractivity contribution in [2.75, 3.05) is 5.73 Å². The largest absolute Gasteiger partial charge is 0.384 e. The van der Waals surface area contributed by atoms with E-state index in [1.165, 1.54) is 6.20 Å². The number of nitriles is 1. The van der Waals surface area contributed by atoms with E-state index in [1.807, 2.05) is 6.07 Å². The van der Waals surface area contributed by atoms with Crippen LogP contribution in [0.2, 0.25) is 0 Å². The van der Waals surface area contributed by atoms with E-state index in [2.05, 4.69) is 10.1 Å². The van der Waals surface area contributed by atoms with Gasteiger partial charge in [-0.2, -0.15) is 10.4 Å². The molecule has 0 aliphatic rings. The number of hydrogen-bond acceptors (Lipinski definition) is 4. The van der Waals surface area contributed by atoms with Gasteiger partial charge in [0.15, 0.2) is 0 Å². The van der Waals surface area contributed by atoms with Crippen LogP contribution < -0.4 is 5.73 Å². The first-order valence-electron chi connectivity index (χ1n) is 3.96. The van der Waals surface area contributed by atoms with Crippen molar-refractivity contribution in [3.05, 3.63) is 36.3 Å². The number of hydrogen-bond donors (Lipinski definition) is 1. The van der Waals surface area contributed by atoms with Gasteiger partial charge < -0.3 is 5.73 Å². The smallest absolute Gasteiger partial charge is 0.125 e. The summed E-state index contributed by atoms with van der Waals surface area (Å²) in [6.07, 6.45) is 4.73. The van der Waals surface area contributed by atoms with Gasteiger partial charge in [-0.3, -0.25) is 0 Å². The molecule has 68 valence electrons. The predicted octanol–water partition coefficient (Wildman–Crippen LogP) is 0.721. The molecule has 0 radical (unpaired) electrons. The van der Waals surface area contributed by atoms with Crippen LogP contribution in [-0.2, 0) is 0 Å². The van der Waals surface area contributed by atoms with E-state index >= 15 is 0 Å². The molecule has 0 aliphatic heterocycles. The van der Waals surface area contributed by atoms with E-state index in [0.717, 1.165) is 5.69 Å². The van der Waals surface area contributed by atoms with Gasteiger partial charge in [0, 0.05) is 18.5 Å². The highest BCUT2D eigenvalue weighted by molar-refractivity contribution is 5.41. The maximum absolute atomic E-state index is 8.61. The molecule has 5 heteroatoms. The van der Waals surface area contributed by atoms with Crippen molar-refractivity contribution in [1.82, 2.24) is 14.8 Å². The van der Waals surface area contributed by atoms with Crippen LogP contribution in [-0.4, -0.2) is 14.8 Å². The van der Waals surface area contributed by atoms with E-state index in [0.29, 0.717) is 11.4 Å². The van der Waals surface area contributed by atoms with Gasteiger partial charge >= 0.3 is 0 Å². The first kappa shape index (κ1) is 8.26. The molecular weight excluding hydrogens is 178 g/mol. The molecule has 5 nitrogen and oxygen atoms in total. The second-order valence-electron chi connectivity index (χ2n) is 2.72. The standard InChI is InChI=1S/C9H7N5/c10-4-7-5-13-14(6-7)8-1-2-12-9(11)3-8/h1-3,5-6H,(H2,11,12). The highest BCUT2D eigenvalue weighted by atomic mass is 15.3. The Morgan fingerprint density at radius 1 is 1.50 bits per heavy atom. The summed E-state index contributed by atoms with van der Waals surface area (Å²) < 4.78 is 1.58. The molecule has 2 aromatic rings. The number of rotatable bonds is 1. The summed E-state index contributed by atoms with van der Waals surface area (Å²) in [6.45, 7) is 0. The molecule has 2 heterocycles. The number of pyridine rings is 1. The van der Waals surface area contributed by atoms with Gasteiger partial charge in [-0.1, -0.05) is 0 Å². The normalized spacial score (nSPS) is 9.64. The van der Waals surface area contributed by atoms with E-state index in [-0.39, 0.29) is 0 Å². The molecule has 0 amide bonds. The van der Waals surface area contributed by atoms with Crippen molar-refractivity contribution in [2.45, 2.75) is 0 Å². The summed E-state index contributed by atoms with van der Waals surface area (Å²) in [7, 11) is 0. The molecule has 0 bridgehead atoms. The first-order chi connectivity index (χ1) is 6.79. The summed E-state index contributed by atoms with van der Waals surface area (Å²) in [6, 6.07) is 5.46. The average molecular weight is 185 g/mol. The molecule has 0 saturated carbocycles. The Kier molecular flexibility index (Phi) is 1.88. The lowest BCUT2D eigenvalue weighted by Gasteiger charge is -2.00. The zero-order valence-electron chi connectivity index (χ0n) is 7.25. The minimum Gasteiger partial charge on any atom is -0.384 e. The lowest BCUT2D eigenvalue weighted by molar-refractivity contribution is 0.878. The third-order valence-corrected chi connectivity index (χ3v) is 1.74. The molecule has 0 unspecified atom stereocenters. The van der Waals surface area contributed by atoms with Crippen molar-refractivity contribution in [1.29, 1.82) is 5.26 Å². The summed E-state index contributed by atoms with van der Waals surface area (Å²) in [5, 5.41) is 12.6. The molecule has 2 N–H and O–H groups in total. The third kappa shape index (κ3) is 1.41. The maximum Gasteiger partial charge on any atom is 0.125 e. The number of nitrogen functional groups attached to an aromatic ring is 1. The van der Waals surface area contributed by atoms with Gasteiger partial charge in [-0.15, -0.1) is 0 Å². The summed E-state index contributed by atoms with van der Waals surface area (Å²) >= 11 is 0. The van der Waals surface area contributed by atoms with E-state index in [9.17, 15) is 0 Å². The first-order valence-corrected chi connectivity index (χ1v) is 3.96. The number of nitrogens with two attached hydrogens (primary N) is 1. The van der Waals surface area contributed by atoms with Crippen molar-refractivity contribution in [2.24, 2.45) is 0 Å². The molecule has 0 atom stereocenters. The highest BCUT2D eigenvalue weighted by Crippen LogP contribution is 2.09. The Morgan fingerprint density at radius 2 is 2.36 bits per heavy atom. The zero-order valence-corrected chi connectivity index (χ0v) is 7.25. The number of anilines is 1. The fourth-order valence-electron chi connectivity index (χ4n) is 1.10. The monoisotopic (exact) mass is 185 g/mol. The molecule has 0 fully saturated rings. The fraction of sp³-hybridized carbons (Fsp3) is 0. The minimum atomic E-state index is 0.427. The van der Waals surface area contributed by atoms with Crippen molar-refractivity contribution >= 4 is 5.82 Å². The second kappa shape index (κ2) is 3.18. The van der Waals surface area contributed by atoms with Crippen LogP contribution in [0, 0.1) is 11.3 Å². The van der Waals surface area contributed by atoms with Crippen molar-refractivity contribution in [3.8, 4) is 11.8 Å². The number of aromatic nitrogens is 3. The maximum atomic E-state index is 8.61. The Bertz CT molecular complexity index is 494. The molecule has 0 aliphatic carbocycles. The van der Waals surface area contributed by atoms with Crippen LogP contribution in [0.4, 0.5) is 5.82 Å². The second-order valence-corrected chi connectivity index (χ2v) is 2.72. The Labute approximate surface area is 80.4 Å². The van der Waals surface area contributed by atoms with Crippen LogP contribution in [0.15, 0.2) is 30.7 Å². The Balaban J connectivity index is 2.45. The molecule has 2 rings (SSSR count). The van der Waals surface area contributed by atoms with Gasteiger partial charge in [0.1, 0.15) is 11.9 Å². The van der Waals surface area contributed by atoms with Crippen LogP contribution in [0.3, 0.4) is 0 Å². The lowest BCUT2D eigenvalue weighted by atomic mass is 10.4. The lowest BCUT2D eigenvalue weighted by Crippen LogP contribution is -1.97. The number of nitrogens with zero attached hydrogens (tertiary/aromatic N) is 4. The third-order valence-electron chi connectivity index (χ3n) is 1.74. The van der Waals surface area contributed by atoms with Crippen LogP contribution in [0.25, 0.3) is 5.69 Å². The SMILES string of the molecule is N#Cc1cnn(-c2ccnc(N)c2)c1. The van der Waals surface area contributed by atoms with Gasteiger partial charge in [0.2, 0.25) is 0 Å². The van der Waals surface area contributed by atoms with Crippen LogP contribution in [0.1, 0.15) is 5.56 Å². The molecule has 14 heavy (non-hydrogen) atoms. The van der Waals surface area contributed by atoms with E-state index in [1.54, 1.807) is 29.2 Å². The molecular formula is C9H7N5. The summed E-state index contributed by atoms with van der Waals surface area (Å²) in [4.78, 5) is 3.86. The van der Waals surface area contributed by atoms with E-state index < -0.39 is 0 Å². The molecule has 0 saturated heterocycles. The molecule has 0 spiro atoms. The van der Waals surface area contributed by atoms with Crippen LogP contribution in [0.5, 0.6) is 0 Å². The Morgan fingerprint density at radius 3 is 3.00 bits per heavy atom. The highest BCUT2D eigenvalue weighted by Gasteiger charge is 2.00. The topological polar surface area (TPSA) is 80.5 Å². The fourth-order valence-corrected chi connectivity index (χ4v) is 1.10. The average Bonchev–Trinajstić information content (AvgIpc) is 2.66. The summed E-state index contributed by atoms with van der Waals surface area (Å²) in [5.74, 6) is 0.427. The van der Waals surface area contributed by atoms with E-state index in [4.69, 9.17) is 11.0 Å². The predicted molar refractivity (Wildman–Crippen MR) is 50.5 cm³/mol. The van der Waals surface area contributed by atoms with Gasteiger partial charge in [0.05, 0.1) is 17.4 Å². The summed E-state index contributed by atoms with van der Waals surface area (Å²) in [5.41, 5.74) is 6.82. The van der Waals surface area contributed by atoms with Crippen LogP contribution >= 0.6 is 0 Å². The zero-order chi connectivity index (χ0) is 9.97. The van der Waals surface area contributed by atoms with Gasteiger partial charge in [-0.05, 0) is 6.07 Å². The molecule has 2 aromatic heterocycles. The van der Waals surface area contributed by atoms with Gasteiger partial charge in [0.25, 0.3) is 0 Å². The van der Waals surface area contributed by atoms with Crippen molar-refractivity contribution < 1.29 is 0 Å². The van der Waals surface area contributed by atoms with Crippen molar-refractivity contribution in [3.63, 3.8) is 0 Å². The quantitative estimate of drug-likeness (QED) is 0.709.